The normalized spacial score (nSPS) is 11.3. The number of carbonyl (C=O) groups excluding carboxylic acids is 1. The minimum Gasteiger partial charge on any atom is -0.469 e. The van der Waals surface area contributed by atoms with Crippen LogP contribution in [0.5, 0.6) is 0 Å². The van der Waals surface area contributed by atoms with Crippen LogP contribution in [0.2, 0.25) is 0 Å². The molecule has 0 rings (SSSR count). The van der Waals surface area contributed by atoms with Crippen molar-refractivity contribution in [3.8, 4) is 0 Å². The molecule has 0 spiro atoms. The SMILES string of the molecule is CCCCC/C=C\CCCCCCCCCCCCCCC(=O)OC. The highest BCUT2D eigenvalue weighted by molar-refractivity contribution is 5.68. The van der Waals surface area contributed by atoms with Crippen molar-refractivity contribution in [2.45, 2.75) is 122 Å². The number of hydrogen-bond donors (Lipinski definition) is 0. The molecule has 0 aliphatic heterocycles. The van der Waals surface area contributed by atoms with Crippen LogP contribution in [0.25, 0.3) is 0 Å². The Morgan fingerprint density at radius 2 is 1.04 bits per heavy atom. The van der Waals surface area contributed by atoms with Gasteiger partial charge in [0, 0.05) is 6.42 Å². The molecule has 25 heavy (non-hydrogen) atoms. The van der Waals surface area contributed by atoms with Crippen molar-refractivity contribution in [2.24, 2.45) is 0 Å². The van der Waals surface area contributed by atoms with E-state index in [9.17, 15) is 4.79 Å². The minimum absolute atomic E-state index is 0.0667. The maximum Gasteiger partial charge on any atom is 0.305 e. The second-order valence-corrected chi connectivity index (χ2v) is 7.32. The highest BCUT2D eigenvalue weighted by Crippen LogP contribution is 2.13. The number of ether oxygens (including phenoxy) is 1. The third-order valence-electron chi connectivity index (χ3n) is 4.87. The molecule has 0 fully saturated rings. The molecular weight excluding hydrogens is 308 g/mol. The lowest BCUT2D eigenvalue weighted by Gasteiger charge is -2.03. The van der Waals surface area contributed by atoms with Gasteiger partial charge in [0.05, 0.1) is 7.11 Å². The first-order valence-electron chi connectivity index (χ1n) is 11.0. The molecule has 0 aromatic rings. The van der Waals surface area contributed by atoms with Crippen molar-refractivity contribution >= 4 is 5.97 Å². The summed E-state index contributed by atoms with van der Waals surface area (Å²) in [5.41, 5.74) is 0. The lowest BCUT2D eigenvalue weighted by Crippen LogP contribution is -1.99. The van der Waals surface area contributed by atoms with Crippen LogP contribution in [-0.4, -0.2) is 13.1 Å². The molecule has 0 amide bonds. The van der Waals surface area contributed by atoms with Crippen LogP contribution < -0.4 is 0 Å². The van der Waals surface area contributed by atoms with E-state index in [-0.39, 0.29) is 5.97 Å². The number of carbonyl (C=O) groups is 1. The van der Waals surface area contributed by atoms with Gasteiger partial charge in [-0.3, -0.25) is 4.79 Å². The van der Waals surface area contributed by atoms with E-state index in [0.29, 0.717) is 6.42 Å². The molecule has 0 atom stereocenters. The summed E-state index contributed by atoms with van der Waals surface area (Å²) in [6.45, 7) is 2.26. The van der Waals surface area contributed by atoms with Crippen molar-refractivity contribution in [2.75, 3.05) is 7.11 Å². The second-order valence-electron chi connectivity index (χ2n) is 7.32. The van der Waals surface area contributed by atoms with Gasteiger partial charge in [0.15, 0.2) is 0 Å². The maximum absolute atomic E-state index is 11.0. The monoisotopic (exact) mass is 352 g/mol. The maximum atomic E-state index is 11.0. The first-order chi connectivity index (χ1) is 12.3. The third-order valence-corrected chi connectivity index (χ3v) is 4.87. The molecule has 0 saturated carbocycles. The summed E-state index contributed by atoms with van der Waals surface area (Å²) in [5.74, 6) is -0.0667. The Bertz CT molecular complexity index is 296. The standard InChI is InChI=1S/C23H44O2/c1-3-4-5-6-7-8-9-10-11-12-13-14-15-16-17-18-19-20-21-22-23(24)25-2/h7-8H,3-6,9-22H2,1-2H3/b8-7-. The first-order valence-corrected chi connectivity index (χ1v) is 11.0. The summed E-state index contributed by atoms with van der Waals surface area (Å²) < 4.78 is 4.65. The van der Waals surface area contributed by atoms with Crippen molar-refractivity contribution in [1.29, 1.82) is 0 Å². The molecule has 0 aliphatic rings. The van der Waals surface area contributed by atoms with E-state index in [2.05, 4.69) is 23.8 Å². The molecule has 0 radical (unpaired) electrons. The quantitative estimate of drug-likeness (QED) is 0.135. The zero-order valence-electron chi connectivity index (χ0n) is 17.2. The fourth-order valence-corrected chi connectivity index (χ4v) is 3.15. The van der Waals surface area contributed by atoms with E-state index in [0.717, 1.165) is 6.42 Å². The van der Waals surface area contributed by atoms with Crippen LogP contribution in [0.1, 0.15) is 122 Å². The Labute approximate surface area is 157 Å². The molecule has 0 unspecified atom stereocenters. The predicted molar refractivity (Wildman–Crippen MR) is 110 cm³/mol. The Balaban J connectivity index is 3.06. The average molecular weight is 353 g/mol. The smallest absolute Gasteiger partial charge is 0.305 e. The zero-order chi connectivity index (χ0) is 18.4. The van der Waals surface area contributed by atoms with Crippen LogP contribution in [-0.2, 0) is 9.53 Å². The van der Waals surface area contributed by atoms with Crippen LogP contribution in [0.4, 0.5) is 0 Å². The third kappa shape index (κ3) is 21.2. The van der Waals surface area contributed by atoms with E-state index >= 15 is 0 Å². The molecule has 0 bridgehead atoms. The van der Waals surface area contributed by atoms with Gasteiger partial charge < -0.3 is 4.74 Å². The molecule has 0 heterocycles. The molecule has 2 heteroatoms. The number of allylic oxidation sites excluding steroid dienone is 2. The fraction of sp³-hybridized carbons (Fsp3) is 0.870. The van der Waals surface area contributed by atoms with Gasteiger partial charge in [0.1, 0.15) is 0 Å². The highest BCUT2D eigenvalue weighted by atomic mass is 16.5. The summed E-state index contributed by atoms with van der Waals surface area (Å²) in [7, 11) is 1.47. The summed E-state index contributed by atoms with van der Waals surface area (Å²) in [6.07, 6.45) is 27.9. The summed E-state index contributed by atoms with van der Waals surface area (Å²) in [6, 6.07) is 0. The van der Waals surface area contributed by atoms with Gasteiger partial charge in [-0.05, 0) is 32.1 Å². The Hall–Kier alpha value is -0.790. The topological polar surface area (TPSA) is 26.3 Å². The largest absolute Gasteiger partial charge is 0.469 e. The highest BCUT2D eigenvalue weighted by Gasteiger charge is 1.99. The molecule has 2 nitrogen and oxygen atoms in total. The second kappa shape index (κ2) is 21.3. The van der Waals surface area contributed by atoms with Crippen LogP contribution in [0.15, 0.2) is 12.2 Å². The number of methoxy groups -OCH3 is 1. The zero-order valence-corrected chi connectivity index (χ0v) is 17.2. The van der Waals surface area contributed by atoms with Crippen molar-refractivity contribution < 1.29 is 9.53 Å². The van der Waals surface area contributed by atoms with Gasteiger partial charge in [0.25, 0.3) is 0 Å². The summed E-state index contributed by atoms with van der Waals surface area (Å²) >= 11 is 0. The van der Waals surface area contributed by atoms with Gasteiger partial charge >= 0.3 is 5.97 Å². The van der Waals surface area contributed by atoms with Gasteiger partial charge in [-0.2, -0.15) is 0 Å². The van der Waals surface area contributed by atoms with Gasteiger partial charge in [0.2, 0.25) is 0 Å². The van der Waals surface area contributed by atoms with E-state index in [1.165, 1.54) is 110 Å². The predicted octanol–water partition coefficient (Wildman–Crippen LogP) is 7.76. The van der Waals surface area contributed by atoms with Crippen LogP contribution in [0, 0.1) is 0 Å². The Morgan fingerprint density at radius 1 is 0.640 bits per heavy atom. The number of unbranched alkanes of at least 4 members (excludes halogenated alkanes) is 15. The molecular formula is C23H44O2. The minimum atomic E-state index is -0.0667. The Morgan fingerprint density at radius 3 is 1.48 bits per heavy atom. The summed E-state index contributed by atoms with van der Waals surface area (Å²) in [4.78, 5) is 11.0. The van der Waals surface area contributed by atoms with Crippen LogP contribution in [0.3, 0.4) is 0 Å². The van der Waals surface area contributed by atoms with Gasteiger partial charge in [-0.15, -0.1) is 0 Å². The summed E-state index contributed by atoms with van der Waals surface area (Å²) in [5, 5.41) is 0. The molecule has 148 valence electrons. The van der Waals surface area contributed by atoms with E-state index in [1.54, 1.807) is 0 Å². The molecule has 0 N–H and O–H groups in total. The molecule has 0 aromatic heterocycles. The van der Waals surface area contributed by atoms with E-state index in [1.807, 2.05) is 0 Å². The van der Waals surface area contributed by atoms with Crippen molar-refractivity contribution in [3.63, 3.8) is 0 Å². The molecule has 0 aliphatic carbocycles. The van der Waals surface area contributed by atoms with Gasteiger partial charge in [-0.1, -0.05) is 96.1 Å². The average Bonchev–Trinajstić information content (AvgIpc) is 2.63. The molecule has 0 saturated heterocycles. The number of hydrogen-bond acceptors (Lipinski definition) is 2. The molecule has 0 aromatic carbocycles. The van der Waals surface area contributed by atoms with Gasteiger partial charge in [-0.25, -0.2) is 0 Å². The number of rotatable bonds is 19. The van der Waals surface area contributed by atoms with E-state index < -0.39 is 0 Å². The lowest BCUT2D eigenvalue weighted by molar-refractivity contribution is -0.140. The number of esters is 1. The van der Waals surface area contributed by atoms with Crippen LogP contribution >= 0.6 is 0 Å². The fourth-order valence-electron chi connectivity index (χ4n) is 3.15. The lowest BCUT2D eigenvalue weighted by atomic mass is 10.0. The van der Waals surface area contributed by atoms with Crippen molar-refractivity contribution in [1.82, 2.24) is 0 Å². The Kier molecular flexibility index (Phi) is 20.6. The van der Waals surface area contributed by atoms with Crippen molar-refractivity contribution in [3.05, 3.63) is 12.2 Å². The first kappa shape index (κ1) is 24.2. The van der Waals surface area contributed by atoms with E-state index in [4.69, 9.17) is 0 Å².